The molecule has 1 unspecified atom stereocenters. The quantitative estimate of drug-likeness (QED) is 0.617. The minimum Gasteiger partial charge on any atom is -0.493 e. The van der Waals surface area contributed by atoms with E-state index in [1.165, 1.54) is 5.56 Å². The number of aryl methyl sites for hydroxylation is 1. The highest BCUT2D eigenvalue weighted by atomic mass is 79.9. The highest BCUT2D eigenvalue weighted by Gasteiger charge is 2.23. The molecule has 1 aliphatic heterocycles. The first-order valence-corrected chi connectivity index (χ1v) is 8.02. The average Bonchev–Trinajstić information content (AvgIpc) is 2.88. The van der Waals surface area contributed by atoms with Gasteiger partial charge in [-0.2, -0.15) is 0 Å². The van der Waals surface area contributed by atoms with Crippen molar-refractivity contribution in [2.45, 2.75) is 18.7 Å². The largest absolute Gasteiger partial charge is 0.493 e. The van der Waals surface area contributed by atoms with Gasteiger partial charge in [0.1, 0.15) is 5.75 Å². The molecular formula is C16H13BrCl2O. The smallest absolute Gasteiger partial charge is 0.127 e. The number of alkyl halides is 1. The first-order chi connectivity index (χ1) is 9.56. The third-order valence-corrected chi connectivity index (χ3v) is 4.89. The summed E-state index contributed by atoms with van der Waals surface area (Å²) in [5.74, 6) is 0.921. The summed E-state index contributed by atoms with van der Waals surface area (Å²) in [5, 5.41) is 0.471. The van der Waals surface area contributed by atoms with Crippen molar-refractivity contribution in [3.8, 4) is 5.75 Å². The molecule has 2 aromatic carbocycles. The molecule has 0 N–H and O–H groups in total. The van der Waals surface area contributed by atoms with E-state index < -0.39 is 0 Å². The van der Waals surface area contributed by atoms with Gasteiger partial charge in [0.2, 0.25) is 0 Å². The van der Waals surface area contributed by atoms with Crippen LogP contribution in [0.5, 0.6) is 5.75 Å². The van der Waals surface area contributed by atoms with Gasteiger partial charge in [-0.3, -0.25) is 0 Å². The minimum absolute atomic E-state index is 0.266. The van der Waals surface area contributed by atoms with Gasteiger partial charge in [0, 0.05) is 21.5 Å². The lowest BCUT2D eigenvalue weighted by molar-refractivity contribution is 0.353. The van der Waals surface area contributed by atoms with Crippen molar-refractivity contribution in [3.63, 3.8) is 0 Å². The van der Waals surface area contributed by atoms with Gasteiger partial charge in [0.15, 0.2) is 0 Å². The standard InChI is InChI=1S/C16H13BrCl2O/c1-9-2-3-10(7-14(9)18)15(19)13-8-12(17)6-11-4-5-20-16(11)13/h2-3,6-8,15H,4-5H2,1H3. The van der Waals surface area contributed by atoms with Crippen LogP contribution in [0.15, 0.2) is 34.8 Å². The summed E-state index contributed by atoms with van der Waals surface area (Å²) in [4.78, 5) is 0. The summed E-state index contributed by atoms with van der Waals surface area (Å²) in [6.07, 6.45) is 0.931. The van der Waals surface area contributed by atoms with Crippen LogP contribution in [0, 0.1) is 6.92 Å². The third kappa shape index (κ3) is 2.57. The van der Waals surface area contributed by atoms with Gasteiger partial charge in [-0.15, -0.1) is 11.6 Å². The fraction of sp³-hybridized carbons (Fsp3) is 0.250. The number of halogens is 3. The minimum atomic E-state index is -0.266. The molecule has 2 aromatic rings. The summed E-state index contributed by atoms with van der Waals surface area (Å²) in [6, 6.07) is 10.1. The van der Waals surface area contributed by atoms with E-state index >= 15 is 0 Å². The van der Waals surface area contributed by atoms with E-state index in [0.29, 0.717) is 0 Å². The molecule has 0 saturated carbocycles. The van der Waals surface area contributed by atoms with Crippen LogP contribution in [0.4, 0.5) is 0 Å². The Hall–Kier alpha value is -0.700. The molecular weight excluding hydrogens is 359 g/mol. The van der Waals surface area contributed by atoms with E-state index in [1.54, 1.807) is 0 Å². The number of rotatable bonds is 2. The van der Waals surface area contributed by atoms with Gasteiger partial charge in [0.05, 0.1) is 12.0 Å². The van der Waals surface area contributed by atoms with Gasteiger partial charge in [-0.05, 0) is 41.8 Å². The summed E-state index contributed by atoms with van der Waals surface area (Å²) < 4.78 is 6.77. The Bertz CT molecular complexity index is 670. The molecule has 1 heterocycles. The Morgan fingerprint density at radius 3 is 2.80 bits per heavy atom. The molecule has 3 rings (SSSR count). The van der Waals surface area contributed by atoms with Crippen molar-refractivity contribution in [1.82, 2.24) is 0 Å². The lowest BCUT2D eigenvalue weighted by atomic mass is 10.00. The van der Waals surface area contributed by atoms with Crippen LogP contribution in [-0.2, 0) is 6.42 Å². The molecule has 1 atom stereocenters. The zero-order valence-corrected chi connectivity index (χ0v) is 14.0. The topological polar surface area (TPSA) is 9.23 Å². The summed E-state index contributed by atoms with van der Waals surface area (Å²) in [7, 11) is 0. The molecule has 0 aromatic heterocycles. The van der Waals surface area contributed by atoms with Gasteiger partial charge in [-0.1, -0.05) is 39.7 Å². The molecule has 4 heteroatoms. The molecule has 0 radical (unpaired) electrons. The van der Waals surface area contributed by atoms with E-state index in [-0.39, 0.29) is 5.38 Å². The van der Waals surface area contributed by atoms with Gasteiger partial charge < -0.3 is 4.74 Å². The Kier molecular flexibility index (Phi) is 3.98. The molecule has 104 valence electrons. The highest BCUT2D eigenvalue weighted by molar-refractivity contribution is 9.10. The maximum atomic E-state index is 6.65. The highest BCUT2D eigenvalue weighted by Crippen LogP contribution is 2.42. The number of hydrogen-bond acceptors (Lipinski definition) is 1. The Morgan fingerprint density at radius 1 is 1.25 bits per heavy atom. The predicted molar refractivity (Wildman–Crippen MR) is 87.2 cm³/mol. The van der Waals surface area contributed by atoms with E-state index in [1.807, 2.05) is 31.2 Å². The Labute approximate surface area is 137 Å². The summed E-state index contributed by atoms with van der Waals surface area (Å²) >= 11 is 16.4. The molecule has 0 amide bonds. The fourth-order valence-electron chi connectivity index (χ4n) is 2.43. The van der Waals surface area contributed by atoms with Crippen LogP contribution in [0.1, 0.15) is 27.6 Å². The summed E-state index contributed by atoms with van der Waals surface area (Å²) in [6.45, 7) is 2.70. The average molecular weight is 372 g/mol. The SMILES string of the molecule is Cc1ccc(C(Cl)c2cc(Br)cc3c2OCC3)cc1Cl. The lowest BCUT2D eigenvalue weighted by Crippen LogP contribution is -1.98. The zero-order chi connectivity index (χ0) is 14.3. The summed E-state index contributed by atoms with van der Waals surface area (Å²) in [5.41, 5.74) is 4.24. The normalized spacial score (nSPS) is 14.8. The molecule has 0 aliphatic carbocycles. The zero-order valence-electron chi connectivity index (χ0n) is 10.9. The first-order valence-electron chi connectivity index (χ1n) is 6.41. The fourth-order valence-corrected chi connectivity index (χ4v) is 3.44. The van der Waals surface area contributed by atoms with E-state index in [9.17, 15) is 0 Å². The Morgan fingerprint density at radius 2 is 2.05 bits per heavy atom. The predicted octanol–water partition coefficient (Wildman–Crippen LogP) is 5.67. The number of ether oxygens (including phenoxy) is 1. The van der Waals surface area contributed by atoms with Crippen molar-refractivity contribution in [2.24, 2.45) is 0 Å². The molecule has 1 aliphatic rings. The molecule has 0 bridgehead atoms. The van der Waals surface area contributed by atoms with Crippen molar-refractivity contribution < 1.29 is 4.74 Å². The Balaban J connectivity index is 2.06. The van der Waals surface area contributed by atoms with E-state index in [0.717, 1.165) is 45.0 Å². The monoisotopic (exact) mass is 370 g/mol. The van der Waals surface area contributed by atoms with Crippen molar-refractivity contribution in [1.29, 1.82) is 0 Å². The molecule has 0 saturated heterocycles. The van der Waals surface area contributed by atoms with Crippen LogP contribution in [0.3, 0.4) is 0 Å². The molecule has 1 nitrogen and oxygen atoms in total. The third-order valence-electron chi connectivity index (χ3n) is 3.54. The van der Waals surface area contributed by atoms with Crippen LogP contribution < -0.4 is 4.74 Å². The van der Waals surface area contributed by atoms with Crippen molar-refractivity contribution in [3.05, 3.63) is 62.1 Å². The second-order valence-corrected chi connectivity index (χ2v) is 6.71. The van der Waals surface area contributed by atoms with Crippen LogP contribution in [0.25, 0.3) is 0 Å². The molecule has 0 fully saturated rings. The lowest BCUT2D eigenvalue weighted by Gasteiger charge is -2.15. The van der Waals surface area contributed by atoms with Crippen LogP contribution >= 0.6 is 39.1 Å². The van der Waals surface area contributed by atoms with Crippen LogP contribution in [0.2, 0.25) is 5.02 Å². The molecule has 0 spiro atoms. The maximum absolute atomic E-state index is 6.65. The van der Waals surface area contributed by atoms with E-state index in [2.05, 4.69) is 22.0 Å². The number of hydrogen-bond donors (Lipinski definition) is 0. The maximum Gasteiger partial charge on any atom is 0.127 e. The molecule has 20 heavy (non-hydrogen) atoms. The first kappa shape index (κ1) is 14.2. The van der Waals surface area contributed by atoms with Crippen LogP contribution in [-0.4, -0.2) is 6.61 Å². The second kappa shape index (κ2) is 5.59. The van der Waals surface area contributed by atoms with Gasteiger partial charge in [-0.25, -0.2) is 0 Å². The van der Waals surface area contributed by atoms with Crippen molar-refractivity contribution in [2.75, 3.05) is 6.61 Å². The second-order valence-electron chi connectivity index (χ2n) is 4.95. The van der Waals surface area contributed by atoms with E-state index in [4.69, 9.17) is 27.9 Å². The number of fused-ring (bicyclic) bond motifs is 1. The van der Waals surface area contributed by atoms with Gasteiger partial charge in [0.25, 0.3) is 0 Å². The van der Waals surface area contributed by atoms with Gasteiger partial charge >= 0.3 is 0 Å². The number of benzene rings is 2. The van der Waals surface area contributed by atoms with Crippen molar-refractivity contribution >= 4 is 39.1 Å².